The molecule has 1 fully saturated rings. The zero-order chi connectivity index (χ0) is 21.6. The number of carbonyl (C=O) groups is 1. The van der Waals surface area contributed by atoms with Gasteiger partial charge in [-0.15, -0.1) is 10.2 Å². The number of hydrogen-bond donors (Lipinski definition) is 0. The molecule has 4 rings (SSSR count). The predicted molar refractivity (Wildman–Crippen MR) is 117 cm³/mol. The minimum atomic E-state index is -0.0404. The molecule has 0 N–H and O–H groups in total. The van der Waals surface area contributed by atoms with Crippen LogP contribution >= 0.6 is 0 Å². The van der Waals surface area contributed by atoms with Gasteiger partial charge < -0.3 is 19.3 Å². The van der Waals surface area contributed by atoms with Gasteiger partial charge in [-0.05, 0) is 48.9 Å². The Morgan fingerprint density at radius 1 is 0.968 bits per heavy atom. The monoisotopic (exact) mass is 419 g/mol. The van der Waals surface area contributed by atoms with E-state index in [9.17, 15) is 4.79 Å². The summed E-state index contributed by atoms with van der Waals surface area (Å²) in [5.74, 6) is 1.97. The summed E-state index contributed by atoms with van der Waals surface area (Å²) in [5, 5.41) is 8.70. The Bertz CT molecular complexity index is 1020. The van der Waals surface area contributed by atoms with Gasteiger partial charge in [0.15, 0.2) is 23.9 Å². The molecule has 0 saturated carbocycles. The van der Waals surface area contributed by atoms with Crippen LogP contribution in [0, 0.1) is 6.92 Å². The Hall–Kier alpha value is -3.68. The highest BCUT2D eigenvalue weighted by Gasteiger charge is 2.23. The van der Waals surface area contributed by atoms with Crippen molar-refractivity contribution < 1.29 is 14.3 Å². The molecule has 0 spiro atoms. The summed E-state index contributed by atoms with van der Waals surface area (Å²) in [6.45, 7) is 4.58. The Morgan fingerprint density at radius 3 is 2.42 bits per heavy atom. The van der Waals surface area contributed by atoms with Crippen molar-refractivity contribution in [2.45, 2.75) is 6.92 Å². The molecule has 1 saturated heterocycles. The molecule has 0 bridgehead atoms. The first-order valence-corrected chi connectivity index (χ1v) is 10.2. The molecule has 1 aliphatic heterocycles. The molecule has 0 atom stereocenters. The molecular formula is C23H25N5O3. The maximum absolute atomic E-state index is 12.6. The zero-order valence-corrected chi connectivity index (χ0v) is 17.7. The van der Waals surface area contributed by atoms with Gasteiger partial charge in [0.2, 0.25) is 0 Å². The minimum Gasteiger partial charge on any atom is -0.493 e. The number of pyridine rings is 1. The lowest BCUT2D eigenvalue weighted by atomic mass is 10.2. The fourth-order valence-electron chi connectivity index (χ4n) is 3.48. The standard InChI is InChI=1S/C23H25N5O3/c1-17-3-5-20(21(15-17)30-2)31-16-23(29)28-13-11-27(12-14-28)22-6-4-19(25-26-22)18-7-9-24-10-8-18/h3-10,15H,11-14,16H2,1-2H3. The molecule has 8 heteroatoms. The van der Waals surface area contributed by atoms with E-state index in [2.05, 4.69) is 20.1 Å². The number of aromatic nitrogens is 3. The van der Waals surface area contributed by atoms with Crippen molar-refractivity contribution in [3.8, 4) is 22.8 Å². The second-order valence-corrected chi connectivity index (χ2v) is 7.32. The van der Waals surface area contributed by atoms with Gasteiger partial charge in [0, 0.05) is 44.1 Å². The van der Waals surface area contributed by atoms with E-state index < -0.39 is 0 Å². The molecule has 0 unspecified atom stereocenters. The summed E-state index contributed by atoms with van der Waals surface area (Å²) in [6, 6.07) is 13.4. The Morgan fingerprint density at radius 2 is 1.74 bits per heavy atom. The first-order valence-electron chi connectivity index (χ1n) is 10.2. The van der Waals surface area contributed by atoms with Gasteiger partial charge in [0.05, 0.1) is 12.8 Å². The van der Waals surface area contributed by atoms with Crippen molar-refractivity contribution in [2.75, 3.05) is 44.8 Å². The van der Waals surface area contributed by atoms with E-state index >= 15 is 0 Å². The number of aryl methyl sites for hydroxylation is 1. The number of methoxy groups -OCH3 is 1. The van der Waals surface area contributed by atoms with E-state index in [-0.39, 0.29) is 12.5 Å². The molecule has 8 nitrogen and oxygen atoms in total. The SMILES string of the molecule is COc1cc(C)ccc1OCC(=O)N1CCN(c2ccc(-c3ccncc3)nn2)CC1. The smallest absolute Gasteiger partial charge is 0.260 e. The van der Waals surface area contributed by atoms with E-state index in [0.717, 1.165) is 22.6 Å². The van der Waals surface area contributed by atoms with Crippen LogP contribution in [0.25, 0.3) is 11.3 Å². The third-order valence-corrected chi connectivity index (χ3v) is 5.25. The number of benzene rings is 1. The van der Waals surface area contributed by atoms with Gasteiger partial charge in [0.25, 0.3) is 5.91 Å². The van der Waals surface area contributed by atoms with Gasteiger partial charge in [0.1, 0.15) is 0 Å². The summed E-state index contributed by atoms with van der Waals surface area (Å²) in [4.78, 5) is 20.6. The summed E-state index contributed by atoms with van der Waals surface area (Å²) in [7, 11) is 1.59. The van der Waals surface area contributed by atoms with E-state index in [1.165, 1.54) is 0 Å². The van der Waals surface area contributed by atoms with Gasteiger partial charge in [-0.3, -0.25) is 9.78 Å². The molecule has 31 heavy (non-hydrogen) atoms. The second-order valence-electron chi connectivity index (χ2n) is 7.32. The molecule has 160 valence electrons. The molecule has 1 aromatic carbocycles. The van der Waals surface area contributed by atoms with Crippen LogP contribution in [0.4, 0.5) is 5.82 Å². The van der Waals surface area contributed by atoms with Gasteiger partial charge in [-0.1, -0.05) is 6.07 Å². The van der Waals surface area contributed by atoms with Gasteiger partial charge in [-0.2, -0.15) is 0 Å². The van der Waals surface area contributed by atoms with E-state index in [4.69, 9.17) is 9.47 Å². The normalized spacial score (nSPS) is 13.7. The van der Waals surface area contributed by atoms with E-state index in [1.807, 2.05) is 54.3 Å². The van der Waals surface area contributed by atoms with Crippen molar-refractivity contribution in [1.29, 1.82) is 0 Å². The van der Waals surface area contributed by atoms with Crippen LogP contribution in [0.15, 0.2) is 54.9 Å². The summed E-state index contributed by atoms with van der Waals surface area (Å²) >= 11 is 0. The van der Waals surface area contributed by atoms with Gasteiger partial charge >= 0.3 is 0 Å². The molecule has 0 aliphatic carbocycles. The van der Waals surface area contributed by atoms with Crippen molar-refractivity contribution >= 4 is 11.7 Å². The van der Waals surface area contributed by atoms with Crippen molar-refractivity contribution in [3.63, 3.8) is 0 Å². The van der Waals surface area contributed by atoms with Crippen LogP contribution in [-0.2, 0) is 4.79 Å². The van der Waals surface area contributed by atoms with Crippen molar-refractivity contribution in [2.24, 2.45) is 0 Å². The molecule has 1 amide bonds. The number of anilines is 1. The molecule has 2 aromatic heterocycles. The molecule has 3 heterocycles. The van der Waals surface area contributed by atoms with E-state index in [0.29, 0.717) is 37.7 Å². The van der Waals surface area contributed by atoms with Crippen LogP contribution < -0.4 is 14.4 Å². The average Bonchev–Trinajstić information content (AvgIpc) is 2.83. The maximum atomic E-state index is 12.6. The van der Waals surface area contributed by atoms with Crippen LogP contribution in [0.1, 0.15) is 5.56 Å². The lowest BCUT2D eigenvalue weighted by Gasteiger charge is -2.35. The van der Waals surface area contributed by atoms with E-state index in [1.54, 1.807) is 19.5 Å². The first-order chi connectivity index (χ1) is 15.1. The third kappa shape index (κ3) is 4.91. The number of amides is 1. The number of ether oxygens (including phenoxy) is 2. The fourth-order valence-corrected chi connectivity index (χ4v) is 3.48. The van der Waals surface area contributed by atoms with Crippen LogP contribution in [0.5, 0.6) is 11.5 Å². The van der Waals surface area contributed by atoms with Gasteiger partial charge in [-0.25, -0.2) is 0 Å². The highest BCUT2D eigenvalue weighted by Crippen LogP contribution is 2.27. The number of piperazine rings is 1. The number of nitrogens with zero attached hydrogens (tertiary/aromatic N) is 5. The largest absolute Gasteiger partial charge is 0.493 e. The van der Waals surface area contributed by atoms with Crippen LogP contribution in [0.3, 0.4) is 0 Å². The predicted octanol–water partition coefficient (Wildman–Crippen LogP) is 2.58. The first kappa shape index (κ1) is 20.6. The number of carbonyl (C=O) groups excluding carboxylic acids is 1. The quantitative estimate of drug-likeness (QED) is 0.607. The highest BCUT2D eigenvalue weighted by molar-refractivity contribution is 5.78. The molecule has 0 radical (unpaired) electrons. The van der Waals surface area contributed by atoms with Crippen LogP contribution in [-0.4, -0.2) is 65.9 Å². The third-order valence-electron chi connectivity index (χ3n) is 5.25. The second kappa shape index (κ2) is 9.42. The molecule has 1 aliphatic rings. The summed E-state index contributed by atoms with van der Waals surface area (Å²) in [6.07, 6.45) is 3.47. The van der Waals surface area contributed by atoms with Crippen molar-refractivity contribution in [3.05, 3.63) is 60.4 Å². The lowest BCUT2D eigenvalue weighted by Crippen LogP contribution is -2.50. The Labute approximate surface area is 181 Å². The Balaban J connectivity index is 1.30. The summed E-state index contributed by atoms with van der Waals surface area (Å²) < 4.78 is 11.0. The number of rotatable bonds is 6. The van der Waals surface area contributed by atoms with Crippen molar-refractivity contribution in [1.82, 2.24) is 20.1 Å². The fraction of sp³-hybridized carbons (Fsp3) is 0.304. The Kier molecular flexibility index (Phi) is 6.26. The highest BCUT2D eigenvalue weighted by atomic mass is 16.5. The maximum Gasteiger partial charge on any atom is 0.260 e. The number of hydrogen-bond acceptors (Lipinski definition) is 7. The summed E-state index contributed by atoms with van der Waals surface area (Å²) in [5.41, 5.74) is 2.86. The van der Waals surface area contributed by atoms with Crippen LogP contribution in [0.2, 0.25) is 0 Å². The average molecular weight is 419 g/mol. The zero-order valence-electron chi connectivity index (χ0n) is 17.7. The molecule has 3 aromatic rings. The topological polar surface area (TPSA) is 80.7 Å². The minimum absolute atomic E-state index is 0.0140. The lowest BCUT2D eigenvalue weighted by molar-refractivity contribution is -0.133. The molecular weight excluding hydrogens is 394 g/mol.